The minimum Gasteiger partial charge on any atom is -0.507 e. The van der Waals surface area contributed by atoms with Gasteiger partial charge in [-0.25, -0.2) is 4.79 Å². The number of hydrogen-bond donors (Lipinski definition) is 1. The van der Waals surface area contributed by atoms with E-state index in [-0.39, 0.29) is 17.3 Å². The maximum atomic E-state index is 12.8. The van der Waals surface area contributed by atoms with Crippen molar-refractivity contribution in [2.45, 2.75) is 64.2 Å². The van der Waals surface area contributed by atoms with Gasteiger partial charge in [-0.05, 0) is 50.5 Å². The average Bonchev–Trinajstić information content (AvgIpc) is 3.38. The fraction of sp³-hybridized carbons (Fsp3) is 0.500. The molecule has 132 valence electrons. The van der Waals surface area contributed by atoms with Crippen LogP contribution < -0.4 is 5.63 Å². The Morgan fingerprint density at radius 1 is 1.12 bits per heavy atom. The zero-order chi connectivity index (χ0) is 17.4. The van der Waals surface area contributed by atoms with Crippen molar-refractivity contribution in [2.75, 3.05) is 0 Å². The van der Waals surface area contributed by atoms with Crippen LogP contribution in [0.2, 0.25) is 0 Å². The first-order chi connectivity index (χ1) is 12.1. The Morgan fingerprint density at radius 2 is 1.88 bits per heavy atom. The zero-order valence-corrected chi connectivity index (χ0v) is 14.9. The molecule has 0 radical (unpaired) electrons. The molecule has 1 heterocycles. The number of aryl methyl sites for hydroxylation is 2. The van der Waals surface area contributed by atoms with Crippen molar-refractivity contribution in [1.82, 2.24) is 0 Å². The van der Waals surface area contributed by atoms with E-state index in [4.69, 9.17) is 4.42 Å². The van der Waals surface area contributed by atoms with Crippen molar-refractivity contribution >= 4 is 0 Å². The van der Waals surface area contributed by atoms with Gasteiger partial charge in [-0.15, -0.1) is 0 Å². The van der Waals surface area contributed by atoms with Gasteiger partial charge in [0.15, 0.2) is 0 Å². The predicted molar refractivity (Wildman–Crippen MR) is 98.3 cm³/mol. The summed E-state index contributed by atoms with van der Waals surface area (Å²) < 4.78 is 5.74. The highest BCUT2D eigenvalue weighted by atomic mass is 16.4. The highest BCUT2D eigenvalue weighted by molar-refractivity contribution is 5.47. The first-order valence-electron chi connectivity index (χ1n) is 9.59. The van der Waals surface area contributed by atoms with Crippen molar-refractivity contribution in [1.29, 1.82) is 0 Å². The lowest BCUT2D eigenvalue weighted by molar-refractivity contribution is 0.382. The van der Waals surface area contributed by atoms with E-state index in [1.54, 1.807) is 0 Å². The number of benzene rings is 1. The molecule has 0 aliphatic heterocycles. The molecular formula is C22H26O3. The smallest absolute Gasteiger partial charge is 0.343 e. The van der Waals surface area contributed by atoms with Gasteiger partial charge >= 0.3 is 5.63 Å². The molecule has 2 aromatic rings. The van der Waals surface area contributed by atoms with Gasteiger partial charge in [0, 0.05) is 17.9 Å². The van der Waals surface area contributed by atoms with Crippen LogP contribution in [0.3, 0.4) is 0 Å². The molecule has 3 nitrogen and oxygen atoms in total. The van der Waals surface area contributed by atoms with Crippen LogP contribution >= 0.6 is 0 Å². The molecule has 25 heavy (non-hydrogen) atoms. The molecule has 3 heteroatoms. The Labute approximate surface area is 148 Å². The minimum absolute atomic E-state index is 0.0492. The number of hydrogen-bond acceptors (Lipinski definition) is 3. The van der Waals surface area contributed by atoms with E-state index in [1.807, 2.05) is 6.07 Å². The van der Waals surface area contributed by atoms with Crippen LogP contribution in [0.15, 0.2) is 33.5 Å². The van der Waals surface area contributed by atoms with Gasteiger partial charge in [0.05, 0.1) is 5.56 Å². The number of aromatic hydroxyl groups is 1. The van der Waals surface area contributed by atoms with E-state index in [2.05, 4.69) is 25.1 Å². The van der Waals surface area contributed by atoms with Gasteiger partial charge in [-0.1, -0.05) is 42.7 Å². The summed E-state index contributed by atoms with van der Waals surface area (Å²) in [4.78, 5) is 12.8. The zero-order valence-electron chi connectivity index (χ0n) is 14.9. The molecule has 2 aliphatic carbocycles. The third-order valence-electron chi connectivity index (χ3n) is 5.70. The normalized spacial score (nSPS) is 18.9. The molecule has 0 amide bonds. The van der Waals surface area contributed by atoms with Gasteiger partial charge in [-0.2, -0.15) is 0 Å². The molecule has 0 saturated heterocycles. The quantitative estimate of drug-likeness (QED) is 0.870. The van der Waals surface area contributed by atoms with Gasteiger partial charge in [-0.3, -0.25) is 0 Å². The largest absolute Gasteiger partial charge is 0.507 e. The Hall–Kier alpha value is -2.03. The predicted octanol–water partition coefficient (Wildman–Crippen LogP) is 4.85. The molecule has 4 rings (SSSR count). The van der Waals surface area contributed by atoms with Crippen LogP contribution in [0.25, 0.3) is 0 Å². The standard InChI is InChI=1S/C22H26O3/c1-14-7-6-8-16(13-14)19(15-11-12-15)20-21(23)17-9-4-2-3-5-10-18(17)25-22(20)24/h6-8,13,15,19,23H,2-5,9-12H2,1H3. The Balaban J connectivity index is 1.85. The van der Waals surface area contributed by atoms with Gasteiger partial charge in [0.1, 0.15) is 11.5 Å². The van der Waals surface area contributed by atoms with E-state index in [0.717, 1.165) is 49.7 Å². The molecule has 1 saturated carbocycles. The van der Waals surface area contributed by atoms with Gasteiger partial charge in [0.25, 0.3) is 0 Å². The first kappa shape index (κ1) is 16.4. The minimum atomic E-state index is -0.338. The van der Waals surface area contributed by atoms with E-state index < -0.39 is 0 Å². The first-order valence-corrected chi connectivity index (χ1v) is 9.59. The second kappa shape index (κ2) is 6.70. The summed E-state index contributed by atoms with van der Waals surface area (Å²) in [5.41, 5.74) is 3.34. The van der Waals surface area contributed by atoms with Gasteiger partial charge in [0.2, 0.25) is 0 Å². The lowest BCUT2D eigenvalue weighted by Crippen LogP contribution is -2.19. The third-order valence-corrected chi connectivity index (χ3v) is 5.70. The summed E-state index contributed by atoms with van der Waals surface area (Å²) in [5, 5.41) is 11.1. The Kier molecular flexibility index (Phi) is 4.41. The maximum absolute atomic E-state index is 12.8. The topological polar surface area (TPSA) is 50.4 Å². The SMILES string of the molecule is Cc1cccc(C(c2c(O)c3c(oc2=O)CCCCCC3)C2CC2)c1. The van der Waals surface area contributed by atoms with Crippen molar-refractivity contribution < 1.29 is 9.52 Å². The fourth-order valence-corrected chi connectivity index (χ4v) is 4.26. The average molecular weight is 338 g/mol. The molecule has 1 N–H and O–H groups in total. The lowest BCUT2D eigenvalue weighted by Gasteiger charge is -2.21. The van der Waals surface area contributed by atoms with Crippen LogP contribution in [0.5, 0.6) is 5.75 Å². The summed E-state index contributed by atoms with van der Waals surface area (Å²) in [6.45, 7) is 2.07. The third kappa shape index (κ3) is 3.24. The molecule has 1 fully saturated rings. The van der Waals surface area contributed by atoms with Crippen LogP contribution in [0.1, 0.15) is 72.5 Å². The van der Waals surface area contributed by atoms with Crippen molar-refractivity contribution in [2.24, 2.45) is 5.92 Å². The number of rotatable bonds is 3. The van der Waals surface area contributed by atoms with E-state index >= 15 is 0 Å². The molecule has 1 aromatic carbocycles. The molecule has 1 aromatic heterocycles. The lowest BCUT2D eigenvalue weighted by atomic mass is 9.85. The van der Waals surface area contributed by atoms with E-state index in [9.17, 15) is 9.90 Å². The molecular weight excluding hydrogens is 312 g/mol. The highest BCUT2D eigenvalue weighted by Crippen LogP contribution is 2.48. The molecule has 1 unspecified atom stereocenters. The van der Waals surface area contributed by atoms with Crippen LogP contribution in [-0.4, -0.2) is 5.11 Å². The summed E-state index contributed by atoms with van der Waals surface area (Å²) in [7, 11) is 0. The van der Waals surface area contributed by atoms with E-state index in [0.29, 0.717) is 17.2 Å². The maximum Gasteiger partial charge on any atom is 0.343 e. The molecule has 0 bridgehead atoms. The summed E-state index contributed by atoms with van der Waals surface area (Å²) in [5.74, 6) is 1.31. The van der Waals surface area contributed by atoms with Crippen LogP contribution in [-0.2, 0) is 12.8 Å². The summed E-state index contributed by atoms with van der Waals surface area (Å²) in [6.07, 6.45) is 8.20. The summed E-state index contributed by atoms with van der Waals surface area (Å²) in [6, 6.07) is 8.31. The van der Waals surface area contributed by atoms with Crippen LogP contribution in [0.4, 0.5) is 0 Å². The number of fused-ring (bicyclic) bond motifs is 1. The highest BCUT2D eigenvalue weighted by Gasteiger charge is 2.38. The molecule has 2 aliphatic rings. The Bertz CT molecular complexity index is 830. The summed E-state index contributed by atoms with van der Waals surface area (Å²) >= 11 is 0. The van der Waals surface area contributed by atoms with E-state index in [1.165, 1.54) is 18.4 Å². The van der Waals surface area contributed by atoms with Crippen molar-refractivity contribution in [3.8, 4) is 5.75 Å². The Morgan fingerprint density at radius 3 is 2.60 bits per heavy atom. The monoisotopic (exact) mass is 338 g/mol. The fourth-order valence-electron chi connectivity index (χ4n) is 4.26. The second-order valence-corrected chi connectivity index (χ2v) is 7.70. The van der Waals surface area contributed by atoms with Gasteiger partial charge < -0.3 is 9.52 Å². The molecule has 0 spiro atoms. The van der Waals surface area contributed by atoms with Crippen molar-refractivity contribution in [3.05, 3.63) is 62.7 Å². The van der Waals surface area contributed by atoms with Crippen LogP contribution in [0, 0.1) is 12.8 Å². The van der Waals surface area contributed by atoms with Crippen molar-refractivity contribution in [3.63, 3.8) is 0 Å². The molecule has 1 atom stereocenters. The second-order valence-electron chi connectivity index (χ2n) is 7.70.